The smallest absolute Gasteiger partial charge is 0.147 e. The number of halogens is 1. The Balaban J connectivity index is 1.60. The van der Waals surface area contributed by atoms with Gasteiger partial charge in [-0.1, -0.05) is 60.7 Å². The third kappa shape index (κ3) is 3.09. The molecule has 0 aliphatic rings. The molecule has 35 heavy (non-hydrogen) atoms. The van der Waals surface area contributed by atoms with Gasteiger partial charge < -0.3 is 0 Å². The number of hydrogen-bond acceptors (Lipinski definition) is 3. The lowest BCUT2D eigenvalue weighted by Crippen LogP contribution is -2.00. The summed E-state index contributed by atoms with van der Waals surface area (Å²) in [5.74, 6) is 0.521. The Kier molecular flexibility index (Phi) is 4.50. The SMILES string of the molecule is Fc1ccc(-c2nc3ccccc3n2-c2ccccc2-c2ccccc2)c2sc3cccnc3c12. The summed E-state index contributed by atoms with van der Waals surface area (Å²) >= 11 is 1.56. The maximum atomic E-state index is 15.1. The van der Waals surface area contributed by atoms with Gasteiger partial charge in [0, 0.05) is 17.3 Å². The second-order valence-corrected chi connectivity index (χ2v) is 9.45. The standard InChI is InChI=1S/C30H18FN3S/c31-22-17-16-21(29-27(22)28-26(35-29)15-8-18-32-28)30-33-23-12-5-7-14-25(23)34(30)24-13-6-4-11-20(24)19-9-2-1-3-10-19/h1-18H. The van der Waals surface area contributed by atoms with Gasteiger partial charge in [-0.15, -0.1) is 11.3 Å². The van der Waals surface area contributed by atoms with Crippen LogP contribution in [0.25, 0.3) is 59.5 Å². The number of nitrogens with zero attached hydrogens (tertiary/aromatic N) is 3. The summed E-state index contributed by atoms with van der Waals surface area (Å²) < 4.78 is 19.1. The van der Waals surface area contributed by atoms with E-state index in [2.05, 4.69) is 45.9 Å². The van der Waals surface area contributed by atoms with E-state index >= 15 is 4.39 Å². The molecule has 0 radical (unpaired) electrons. The second-order valence-electron chi connectivity index (χ2n) is 8.39. The van der Waals surface area contributed by atoms with Gasteiger partial charge in [0.1, 0.15) is 11.6 Å². The number of rotatable bonds is 3. The Bertz CT molecular complexity index is 1870. The summed E-state index contributed by atoms with van der Waals surface area (Å²) in [6.07, 6.45) is 1.71. The molecule has 3 nitrogen and oxygen atoms in total. The third-order valence-electron chi connectivity index (χ3n) is 6.36. The normalized spacial score (nSPS) is 11.6. The summed E-state index contributed by atoms with van der Waals surface area (Å²) in [4.78, 5) is 9.56. The highest BCUT2D eigenvalue weighted by Crippen LogP contribution is 2.42. The zero-order chi connectivity index (χ0) is 23.4. The van der Waals surface area contributed by atoms with Crippen molar-refractivity contribution in [1.29, 1.82) is 0 Å². The van der Waals surface area contributed by atoms with Crippen LogP contribution in [0, 0.1) is 5.82 Å². The van der Waals surface area contributed by atoms with E-state index in [4.69, 9.17) is 4.98 Å². The summed E-state index contributed by atoms with van der Waals surface area (Å²) in [5.41, 5.74) is 6.74. The zero-order valence-corrected chi connectivity index (χ0v) is 19.3. The minimum atomic E-state index is -0.263. The molecule has 0 saturated heterocycles. The lowest BCUT2D eigenvalue weighted by atomic mass is 10.0. The molecule has 3 aromatic heterocycles. The van der Waals surface area contributed by atoms with Crippen molar-refractivity contribution in [2.45, 2.75) is 0 Å². The molecular formula is C30H18FN3S. The monoisotopic (exact) mass is 471 g/mol. The van der Waals surface area contributed by atoms with Crippen LogP contribution in [0.4, 0.5) is 4.39 Å². The van der Waals surface area contributed by atoms with Crippen LogP contribution in [-0.4, -0.2) is 14.5 Å². The van der Waals surface area contributed by atoms with E-state index in [1.807, 2.05) is 60.7 Å². The van der Waals surface area contributed by atoms with E-state index in [9.17, 15) is 0 Å². The van der Waals surface area contributed by atoms with Crippen LogP contribution < -0.4 is 0 Å². The summed E-state index contributed by atoms with van der Waals surface area (Å²) in [7, 11) is 0. The van der Waals surface area contributed by atoms with E-state index in [1.54, 1.807) is 17.5 Å². The highest BCUT2D eigenvalue weighted by Gasteiger charge is 2.22. The maximum absolute atomic E-state index is 15.1. The van der Waals surface area contributed by atoms with Gasteiger partial charge in [0.15, 0.2) is 0 Å². The number of thiophene rings is 1. The van der Waals surface area contributed by atoms with Crippen molar-refractivity contribution < 1.29 is 4.39 Å². The molecule has 7 rings (SSSR count). The average molecular weight is 472 g/mol. The molecule has 0 unspecified atom stereocenters. The molecule has 0 bridgehead atoms. The molecular weight excluding hydrogens is 453 g/mol. The van der Waals surface area contributed by atoms with Crippen LogP contribution in [0.1, 0.15) is 0 Å². The molecule has 0 fully saturated rings. The fourth-order valence-corrected chi connectivity index (χ4v) is 6.00. The van der Waals surface area contributed by atoms with Gasteiger partial charge in [-0.2, -0.15) is 0 Å². The van der Waals surface area contributed by atoms with Crippen molar-refractivity contribution in [2.24, 2.45) is 0 Å². The third-order valence-corrected chi connectivity index (χ3v) is 7.54. The highest BCUT2D eigenvalue weighted by molar-refractivity contribution is 7.26. The van der Waals surface area contributed by atoms with Crippen molar-refractivity contribution in [3.05, 3.63) is 115 Å². The van der Waals surface area contributed by atoms with Crippen molar-refractivity contribution in [3.8, 4) is 28.2 Å². The molecule has 0 aliphatic heterocycles. The van der Waals surface area contributed by atoms with Crippen LogP contribution in [0.15, 0.2) is 109 Å². The van der Waals surface area contributed by atoms with Crippen molar-refractivity contribution in [2.75, 3.05) is 0 Å². The second kappa shape index (κ2) is 7.86. The molecule has 7 aromatic rings. The predicted octanol–water partition coefficient (Wildman–Crippen LogP) is 8.26. The molecule has 0 amide bonds. The number of benzene rings is 4. The van der Waals surface area contributed by atoms with E-state index < -0.39 is 0 Å². The van der Waals surface area contributed by atoms with Gasteiger partial charge in [-0.05, 0) is 48.0 Å². The summed E-state index contributed by atoms with van der Waals surface area (Å²) in [5, 5.41) is 0.554. The van der Waals surface area contributed by atoms with E-state index in [1.165, 1.54) is 6.07 Å². The molecule has 0 N–H and O–H groups in total. The number of hydrogen-bond donors (Lipinski definition) is 0. The Morgan fingerprint density at radius 3 is 2.43 bits per heavy atom. The number of pyridine rings is 1. The Hall–Kier alpha value is -4.35. The molecule has 0 spiro atoms. The first kappa shape index (κ1) is 20.1. The molecule has 0 atom stereocenters. The number of imidazole rings is 1. The van der Waals surface area contributed by atoms with Gasteiger partial charge >= 0.3 is 0 Å². The lowest BCUT2D eigenvalue weighted by Gasteiger charge is -2.15. The summed E-state index contributed by atoms with van der Waals surface area (Å²) in [6, 6.07) is 34.1. The quantitative estimate of drug-likeness (QED) is 0.260. The van der Waals surface area contributed by atoms with Gasteiger partial charge in [0.05, 0.1) is 37.0 Å². The van der Waals surface area contributed by atoms with Gasteiger partial charge in [-0.3, -0.25) is 9.55 Å². The van der Waals surface area contributed by atoms with Crippen LogP contribution >= 0.6 is 11.3 Å². The van der Waals surface area contributed by atoms with Crippen LogP contribution in [0.2, 0.25) is 0 Å². The van der Waals surface area contributed by atoms with Gasteiger partial charge in [0.25, 0.3) is 0 Å². The fourth-order valence-electron chi connectivity index (χ4n) is 4.81. The number of aromatic nitrogens is 3. The highest BCUT2D eigenvalue weighted by atomic mass is 32.1. The maximum Gasteiger partial charge on any atom is 0.147 e. The lowest BCUT2D eigenvalue weighted by molar-refractivity contribution is 0.641. The molecule has 0 aliphatic carbocycles. The first-order valence-electron chi connectivity index (χ1n) is 11.4. The fraction of sp³-hybridized carbons (Fsp3) is 0. The van der Waals surface area contributed by atoms with Crippen molar-refractivity contribution >= 4 is 42.7 Å². The minimum Gasteiger partial charge on any atom is -0.292 e. The number of para-hydroxylation sites is 3. The Morgan fingerprint density at radius 1 is 0.714 bits per heavy atom. The van der Waals surface area contributed by atoms with Crippen molar-refractivity contribution in [3.63, 3.8) is 0 Å². The largest absolute Gasteiger partial charge is 0.292 e. The van der Waals surface area contributed by atoms with Gasteiger partial charge in [-0.25, -0.2) is 9.37 Å². The van der Waals surface area contributed by atoms with Crippen molar-refractivity contribution in [1.82, 2.24) is 14.5 Å². The van der Waals surface area contributed by atoms with Crippen LogP contribution in [-0.2, 0) is 0 Å². The van der Waals surface area contributed by atoms with E-state index in [0.29, 0.717) is 10.9 Å². The van der Waals surface area contributed by atoms with E-state index in [0.717, 1.165) is 48.6 Å². The molecule has 0 saturated carbocycles. The van der Waals surface area contributed by atoms with E-state index in [-0.39, 0.29) is 5.82 Å². The van der Waals surface area contributed by atoms with Crippen LogP contribution in [0.3, 0.4) is 0 Å². The minimum absolute atomic E-state index is 0.263. The van der Waals surface area contributed by atoms with Crippen LogP contribution in [0.5, 0.6) is 0 Å². The first-order valence-corrected chi connectivity index (χ1v) is 12.2. The van der Waals surface area contributed by atoms with Gasteiger partial charge in [0.2, 0.25) is 0 Å². The average Bonchev–Trinajstić information content (AvgIpc) is 3.49. The molecule has 4 aromatic carbocycles. The molecule has 5 heteroatoms. The predicted molar refractivity (Wildman–Crippen MR) is 143 cm³/mol. The first-order chi connectivity index (χ1) is 17.3. The topological polar surface area (TPSA) is 30.7 Å². The molecule has 3 heterocycles. The number of fused-ring (bicyclic) bond motifs is 4. The Morgan fingerprint density at radius 2 is 1.51 bits per heavy atom. The molecule has 166 valence electrons. The Labute approximate surface area is 204 Å². The summed E-state index contributed by atoms with van der Waals surface area (Å²) in [6.45, 7) is 0. The zero-order valence-electron chi connectivity index (χ0n) is 18.5.